The van der Waals surface area contributed by atoms with Crippen molar-refractivity contribution >= 4 is 17.8 Å². The summed E-state index contributed by atoms with van der Waals surface area (Å²) in [7, 11) is 0. The molecule has 0 unspecified atom stereocenters. The molecule has 1 amide bonds. The van der Waals surface area contributed by atoms with Crippen LogP contribution < -0.4 is 5.32 Å². The van der Waals surface area contributed by atoms with Gasteiger partial charge in [0.05, 0.1) is 5.69 Å². The number of hydrogen-bond acceptors (Lipinski definition) is 6. The number of hydrogen-bond donors (Lipinski definition) is 1. The van der Waals surface area contributed by atoms with E-state index in [0.717, 1.165) is 31.5 Å². The molecule has 2 aromatic heterocycles. The fourth-order valence-corrected chi connectivity index (χ4v) is 3.62. The average Bonchev–Trinajstić information content (AvgIpc) is 2.79. The summed E-state index contributed by atoms with van der Waals surface area (Å²) < 4.78 is 0. The first kappa shape index (κ1) is 19.0. The normalized spacial score (nSPS) is 16.4. The molecule has 1 aliphatic heterocycles. The highest BCUT2D eigenvalue weighted by Crippen LogP contribution is 2.26. The Bertz CT molecular complexity index is 934. The molecule has 148 valence electrons. The van der Waals surface area contributed by atoms with Crippen LogP contribution in [0, 0.1) is 0 Å². The van der Waals surface area contributed by atoms with Gasteiger partial charge < -0.3 is 4.90 Å². The lowest BCUT2D eigenvalue weighted by atomic mass is 9.94. The van der Waals surface area contributed by atoms with Gasteiger partial charge in [0.15, 0.2) is 0 Å². The van der Waals surface area contributed by atoms with E-state index in [1.54, 1.807) is 24.7 Å². The minimum absolute atomic E-state index is 0.212. The average molecular weight is 388 g/mol. The van der Waals surface area contributed by atoms with Gasteiger partial charge in [0.25, 0.3) is 0 Å². The van der Waals surface area contributed by atoms with Crippen LogP contribution in [0.15, 0.2) is 61.1 Å². The molecular weight excluding hydrogens is 364 g/mol. The summed E-state index contributed by atoms with van der Waals surface area (Å²) in [5.41, 5.74) is 2.14. The van der Waals surface area contributed by atoms with Crippen molar-refractivity contribution in [1.82, 2.24) is 24.8 Å². The Hall–Kier alpha value is -3.35. The highest BCUT2D eigenvalue weighted by atomic mass is 16.2. The van der Waals surface area contributed by atoms with Gasteiger partial charge in [0.2, 0.25) is 17.8 Å². The summed E-state index contributed by atoms with van der Waals surface area (Å²) in [6.07, 6.45) is 8.39. The molecule has 3 aromatic rings. The van der Waals surface area contributed by atoms with Gasteiger partial charge in [0.1, 0.15) is 0 Å². The van der Waals surface area contributed by atoms with Crippen LogP contribution in [0.1, 0.15) is 36.4 Å². The maximum absolute atomic E-state index is 12.7. The molecule has 3 heterocycles. The minimum atomic E-state index is 0.212. The Morgan fingerprint density at radius 3 is 2.62 bits per heavy atom. The summed E-state index contributed by atoms with van der Waals surface area (Å²) in [6.45, 7) is 1.52. The van der Waals surface area contributed by atoms with E-state index < -0.39 is 0 Å². The van der Waals surface area contributed by atoms with Crippen molar-refractivity contribution in [1.29, 1.82) is 0 Å². The maximum atomic E-state index is 12.7. The molecule has 0 saturated carbocycles. The van der Waals surface area contributed by atoms with Crippen LogP contribution >= 0.6 is 0 Å². The third-order valence-electron chi connectivity index (χ3n) is 5.13. The van der Waals surface area contributed by atoms with E-state index >= 15 is 0 Å². The number of rotatable bonds is 6. The minimum Gasteiger partial charge on any atom is -0.342 e. The summed E-state index contributed by atoms with van der Waals surface area (Å²) in [5.74, 6) is 1.36. The second-order valence-electron chi connectivity index (χ2n) is 7.17. The van der Waals surface area contributed by atoms with Gasteiger partial charge in [0, 0.05) is 44.0 Å². The zero-order chi connectivity index (χ0) is 19.9. The molecule has 29 heavy (non-hydrogen) atoms. The predicted molar refractivity (Wildman–Crippen MR) is 111 cm³/mol. The van der Waals surface area contributed by atoms with E-state index in [0.29, 0.717) is 24.9 Å². The smallest absolute Gasteiger partial charge is 0.229 e. The van der Waals surface area contributed by atoms with E-state index in [9.17, 15) is 4.79 Å². The molecule has 0 spiro atoms. The van der Waals surface area contributed by atoms with Crippen molar-refractivity contribution in [3.8, 4) is 0 Å². The lowest BCUT2D eigenvalue weighted by molar-refractivity contribution is -0.132. The second kappa shape index (κ2) is 9.23. The number of aromatic nitrogens is 4. The third-order valence-corrected chi connectivity index (χ3v) is 5.13. The molecular formula is C22H24N6O. The first-order valence-corrected chi connectivity index (χ1v) is 9.96. The standard InChI is InChI=1S/C22H24N6O/c29-20(10-9-17-6-2-1-3-7-17)28-15-4-8-18(16-28)19-11-14-25-22(26-19)27-21-23-12-5-13-24-21/h1-3,5-7,11-14,18H,4,8-10,15-16H2,(H,23,24,25,26,27)/t18-/m1/s1. The van der Waals surface area contributed by atoms with Crippen LogP contribution in [0.2, 0.25) is 0 Å². The van der Waals surface area contributed by atoms with Crippen molar-refractivity contribution < 1.29 is 4.79 Å². The largest absolute Gasteiger partial charge is 0.342 e. The second-order valence-corrected chi connectivity index (χ2v) is 7.17. The molecule has 0 aliphatic carbocycles. The highest BCUT2D eigenvalue weighted by Gasteiger charge is 2.25. The SMILES string of the molecule is O=C(CCc1ccccc1)N1CCC[C@@H](c2ccnc(Nc3ncccn3)n2)C1. The fraction of sp³-hybridized carbons (Fsp3) is 0.318. The van der Waals surface area contributed by atoms with Crippen LogP contribution in [-0.2, 0) is 11.2 Å². The monoisotopic (exact) mass is 388 g/mol. The lowest BCUT2D eigenvalue weighted by Gasteiger charge is -2.32. The number of carbonyl (C=O) groups excluding carboxylic acids is 1. The van der Waals surface area contributed by atoms with Crippen molar-refractivity contribution in [2.75, 3.05) is 18.4 Å². The first-order valence-electron chi connectivity index (χ1n) is 9.96. The van der Waals surface area contributed by atoms with E-state index in [-0.39, 0.29) is 11.8 Å². The fourth-order valence-electron chi connectivity index (χ4n) is 3.62. The quantitative estimate of drug-likeness (QED) is 0.697. The van der Waals surface area contributed by atoms with E-state index in [2.05, 4.69) is 37.4 Å². The lowest BCUT2D eigenvalue weighted by Crippen LogP contribution is -2.39. The van der Waals surface area contributed by atoms with Crippen molar-refractivity contribution in [2.24, 2.45) is 0 Å². The summed E-state index contributed by atoms with van der Waals surface area (Å²) in [5, 5.41) is 3.03. The molecule has 0 bridgehead atoms. The number of piperidine rings is 1. The van der Waals surface area contributed by atoms with E-state index in [1.165, 1.54) is 5.56 Å². The van der Waals surface area contributed by atoms with Crippen molar-refractivity contribution in [2.45, 2.75) is 31.6 Å². The van der Waals surface area contributed by atoms with Gasteiger partial charge >= 0.3 is 0 Å². The number of nitrogens with one attached hydrogen (secondary N) is 1. The summed E-state index contributed by atoms with van der Waals surface area (Å²) in [4.78, 5) is 31.9. The van der Waals surface area contributed by atoms with Crippen LogP contribution in [0.3, 0.4) is 0 Å². The Kier molecular flexibility index (Phi) is 6.04. The van der Waals surface area contributed by atoms with Gasteiger partial charge in [-0.1, -0.05) is 30.3 Å². The third kappa shape index (κ3) is 5.13. The predicted octanol–water partition coefficient (Wildman–Crippen LogP) is 3.35. The van der Waals surface area contributed by atoms with Crippen LogP contribution in [-0.4, -0.2) is 43.8 Å². The van der Waals surface area contributed by atoms with E-state index in [4.69, 9.17) is 0 Å². The van der Waals surface area contributed by atoms with Crippen LogP contribution in [0.4, 0.5) is 11.9 Å². The number of aryl methyl sites for hydroxylation is 1. The van der Waals surface area contributed by atoms with Gasteiger partial charge in [-0.2, -0.15) is 0 Å². The number of anilines is 2. The zero-order valence-corrected chi connectivity index (χ0v) is 16.2. The van der Waals surface area contributed by atoms with E-state index in [1.807, 2.05) is 29.2 Å². The molecule has 7 heteroatoms. The Balaban J connectivity index is 1.38. The molecule has 1 N–H and O–H groups in total. The Morgan fingerprint density at radius 2 is 1.79 bits per heavy atom. The van der Waals surface area contributed by atoms with Gasteiger partial charge in [-0.15, -0.1) is 0 Å². The summed E-state index contributed by atoms with van der Waals surface area (Å²) >= 11 is 0. The van der Waals surface area contributed by atoms with Crippen molar-refractivity contribution in [3.63, 3.8) is 0 Å². The molecule has 1 aliphatic rings. The van der Waals surface area contributed by atoms with Gasteiger partial charge in [-0.05, 0) is 37.0 Å². The first-order chi connectivity index (χ1) is 14.3. The molecule has 1 aromatic carbocycles. The molecule has 1 fully saturated rings. The summed E-state index contributed by atoms with van der Waals surface area (Å²) in [6, 6.07) is 13.8. The van der Waals surface area contributed by atoms with Gasteiger partial charge in [-0.25, -0.2) is 19.9 Å². The Labute approximate surface area is 170 Å². The topological polar surface area (TPSA) is 83.9 Å². The molecule has 7 nitrogen and oxygen atoms in total. The number of likely N-dealkylation sites (tertiary alicyclic amines) is 1. The number of benzene rings is 1. The number of carbonyl (C=O) groups is 1. The Morgan fingerprint density at radius 1 is 1.00 bits per heavy atom. The molecule has 1 atom stereocenters. The highest BCUT2D eigenvalue weighted by molar-refractivity contribution is 5.76. The maximum Gasteiger partial charge on any atom is 0.229 e. The zero-order valence-electron chi connectivity index (χ0n) is 16.2. The van der Waals surface area contributed by atoms with Crippen LogP contribution in [0.25, 0.3) is 0 Å². The van der Waals surface area contributed by atoms with Crippen LogP contribution in [0.5, 0.6) is 0 Å². The van der Waals surface area contributed by atoms with Gasteiger partial charge in [-0.3, -0.25) is 10.1 Å². The van der Waals surface area contributed by atoms with Crippen molar-refractivity contribution in [3.05, 3.63) is 72.3 Å². The molecule has 0 radical (unpaired) electrons. The molecule has 1 saturated heterocycles. The number of nitrogens with zero attached hydrogens (tertiary/aromatic N) is 5. The molecule has 4 rings (SSSR count). The number of amides is 1.